The van der Waals surface area contributed by atoms with Gasteiger partial charge < -0.3 is 15.5 Å². The second kappa shape index (κ2) is 7.90. The van der Waals surface area contributed by atoms with E-state index in [1.54, 1.807) is 27.1 Å². The molecule has 0 aromatic carbocycles. The van der Waals surface area contributed by atoms with Gasteiger partial charge in [-0.05, 0) is 36.4 Å². The van der Waals surface area contributed by atoms with Crippen molar-refractivity contribution in [3.05, 3.63) is 39.8 Å². The topological polar surface area (TPSA) is 79.3 Å². The maximum atomic E-state index is 12.6. The molecule has 0 unspecified atom stereocenters. The van der Waals surface area contributed by atoms with Crippen LogP contribution in [0.2, 0.25) is 0 Å². The van der Waals surface area contributed by atoms with E-state index in [9.17, 15) is 9.59 Å². The van der Waals surface area contributed by atoms with Gasteiger partial charge in [0.25, 0.3) is 0 Å². The molecule has 2 aromatic rings. The number of rotatable bonds is 5. The van der Waals surface area contributed by atoms with E-state index in [1.165, 1.54) is 17.4 Å². The maximum Gasteiger partial charge on any atom is 0.317 e. The Morgan fingerprint density at radius 1 is 1.35 bits per heavy atom. The van der Waals surface area contributed by atoms with Crippen molar-refractivity contribution >= 4 is 23.3 Å². The van der Waals surface area contributed by atoms with E-state index in [2.05, 4.69) is 34.1 Å². The molecule has 26 heavy (non-hydrogen) atoms. The lowest BCUT2D eigenvalue weighted by atomic mass is 9.99. The van der Waals surface area contributed by atoms with E-state index in [-0.39, 0.29) is 23.9 Å². The Labute approximate surface area is 157 Å². The predicted octanol–water partition coefficient (Wildman–Crippen LogP) is 1.65. The highest BCUT2D eigenvalue weighted by Crippen LogP contribution is 2.27. The first-order chi connectivity index (χ1) is 12.5. The van der Waals surface area contributed by atoms with Gasteiger partial charge in [-0.3, -0.25) is 9.48 Å². The lowest BCUT2D eigenvalue weighted by Crippen LogP contribution is -2.42. The number of likely N-dealkylation sites (tertiary alicyclic amines) is 1. The highest BCUT2D eigenvalue weighted by Gasteiger charge is 2.38. The van der Waals surface area contributed by atoms with Gasteiger partial charge in [-0.2, -0.15) is 5.10 Å². The number of aromatic nitrogens is 2. The third kappa shape index (κ3) is 4.07. The summed E-state index contributed by atoms with van der Waals surface area (Å²) in [6, 6.07) is 3.85. The standard InChI is InChI=1S/C18H25N5O2S/c1-12-6-9-26-17(12)5-7-19-18(25)23-10-14(15(11-23)21-13(2)24)16-4-8-20-22(16)3/h4,6,8-9,14-15H,5,7,10-11H2,1-3H3,(H,19,25)(H,21,24)/t14-,15-/m1/s1. The average Bonchev–Trinajstić information content (AvgIpc) is 3.28. The van der Waals surface area contributed by atoms with Crippen molar-refractivity contribution in [1.82, 2.24) is 25.3 Å². The molecular weight excluding hydrogens is 350 g/mol. The van der Waals surface area contributed by atoms with Crippen molar-refractivity contribution in [1.29, 1.82) is 0 Å². The molecule has 1 aliphatic heterocycles. The summed E-state index contributed by atoms with van der Waals surface area (Å²) in [6.07, 6.45) is 2.58. The van der Waals surface area contributed by atoms with Gasteiger partial charge in [-0.25, -0.2) is 4.79 Å². The Kier molecular flexibility index (Phi) is 5.61. The van der Waals surface area contributed by atoms with E-state index >= 15 is 0 Å². The fourth-order valence-corrected chi connectivity index (χ4v) is 4.39. The van der Waals surface area contributed by atoms with Crippen LogP contribution in [-0.4, -0.2) is 52.3 Å². The first-order valence-corrected chi connectivity index (χ1v) is 9.64. The molecule has 7 nitrogen and oxygen atoms in total. The number of hydrogen-bond acceptors (Lipinski definition) is 4. The molecule has 0 saturated carbocycles. The number of nitrogens with zero attached hydrogens (tertiary/aromatic N) is 3. The SMILES string of the molecule is CC(=O)N[C@@H]1CN(C(=O)NCCc2sccc2C)C[C@H]1c1ccnn1C. The summed E-state index contributed by atoms with van der Waals surface area (Å²) in [5.41, 5.74) is 2.29. The smallest absolute Gasteiger partial charge is 0.317 e. The Morgan fingerprint density at radius 2 is 2.15 bits per heavy atom. The van der Waals surface area contributed by atoms with Crippen LogP contribution in [0, 0.1) is 6.92 Å². The van der Waals surface area contributed by atoms with Crippen LogP contribution in [-0.2, 0) is 18.3 Å². The lowest BCUT2D eigenvalue weighted by Gasteiger charge is -2.18. The first kappa shape index (κ1) is 18.4. The van der Waals surface area contributed by atoms with Gasteiger partial charge in [0.15, 0.2) is 0 Å². The van der Waals surface area contributed by atoms with Crippen molar-refractivity contribution in [2.45, 2.75) is 32.2 Å². The number of urea groups is 1. The van der Waals surface area contributed by atoms with Crippen LogP contribution >= 0.6 is 11.3 Å². The van der Waals surface area contributed by atoms with Crippen LogP contribution in [0.15, 0.2) is 23.7 Å². The summed E-state index contributed by atoms with van der Waals surface area (Å²) >= 11 is 1.72. The Balaban J connectivity index is 1.61. The van der Waals surface area contributed by atoms with Crippen LogP contribution in [0.4, 0.5) is 4.79 Å². The molecule has 8 heteroatoms. The number of carbonyl (C=O) groups excluding carboxylic acids is 2. The minimum atomic E-state index is -0.104. The monoisotopic (exact) mass is 375 g/mol. The van der Waals surface area contributed by atoms with E-state index in [0.29, 0.717) is 19.6 Å². The minimum Gasteiger partial charge on any atom is -0.351 e. The fraction of sp³-hybridized carbons (Fsp3) is 0.500. The summed E-state index contributed by atoms with van der Waals surface area (Å²) in [5.74, 6) is -0.0470. The third-order valence-electron chi connectivity index (χ3n) is 4.83. The molecule has 1 fully saturated rings. The number of carbonyl (C=O) groups is 2. The van der Waals surface area contributed by atoms with Crippen LogP contribution in [0.25, 0.3) is 0 Å². The zero-order valence-corrected chi connectivity index (χ0v) is 16.2. The number of amides is 3. The molecule has 140 valence electrons. The fourth-order valence-electron chi connectivity index (χ4n) is 3.48. The van der Waals surface area contributed by atoms with E-state index in [0.717, 1.165) is 12.1 Å². The molecule has 0 bridgehead atoms. The van der Waals surface area contributed by atoms with Gasteiger partial charge in [0, 0.05) is 56.3 Å². The highest BCUT2D eigenvalue weighted by atomic mass is 32.1. The van der Waals surface area contributed by atoms with E-state index in [4.69, 9.17) is 0 Å². The van der Waals surface area contributed by atoms with E-state index in [1.807, 2.05) is 13.1 Å². The molecule has 0 spiro atoms. The maximum absolute atomic E-state index is 12.6. The lowest BCUT2D eigenvalue weighted by molar-refractivity contribution is -0.119. The Morgan fingerprint density at radius 3 is 2.77 bits per heavy atom. The average molecular weight is 375 g/mol. The Hall–Kier alpha value is -2.35. The normalized spacial score (nSPS) is 19.6. The van der Waals surface area contributed by atoms with Crippen molar-refractivity contribution in [2.24, 2.45) is 7.05 Å². The molecule has 0 aliphatic carbocycles. The molecule has 2 atom stereocenters. The second-order valence-corrected chi connectivity index (χ2v) is 7.71. The summed E-state index contributed by atoms with van der Waals surface area (Å²) in [5, 5.41) is 12.3. The third-order valence-corrected chi connectivity index (χ3v) is 5.91. The summed E-state index contributed by atoms with van der Waals surface area (Å²) in [4.78, 5) is 27.2. The van der Waals surface area contributed by atoms with Crippen molar-refractivity contribution in [2.75, 3.05) is 19.6 Å². The van der Waals surface area contributed by atoms with Crippen LogP contribution in [0.3, 0.4) is 0 Å². The predicted molar refractivity (Wildman–Crippen MR) is 101 cm³/mol. The van der Waals surface area contributed by atoms with Crippen molar-refractivity contribution in [3.63, 3.8) is 0 Å². The number of hydrogen-bond donors (Lipinski definition) is 2. The molecular formula is C18H25N5O2S. The van der Waals surface area contributed by atoms with Gasteiger partial charge in [0.05, 0.1) is 6.04 Å². The molecule has 1 saturated heterocycles. The number of aryl methyl sites for hydroxylation is 2. The van der Waals surface area contributed by atoms with Crippen LogP contribution in [0.1, 0.15) is 29.0 Å². The molecule has 3 rings (SSSR count). The van der Waals surface area contributed by atoms with Crippen molar-refractivity contribution < 1.29 is 9.59 Å². The quantitative estimate of drug-likeness (QED) is 0.834. The largest absolute Gasteiger partial charge is 0.351 e. The second-order valence-electron chi connectivity index (χ2n) is 6.71. The number of thiophene rings is 1. The molecule has 2 N–H and O–H groups in total. The first-order valence-electron chi connectivity index (χ1n) is 8.76. The van der Waals surface area contributed by atoms with Crippen LogP contribution in [0.5, 0.6) is 0 Å². The van der Waals surface area contributed by atoms with Crippen molar-refractivity contribution in [3.8, 4) is 0 Å². The molecule has 3 amide bonds. The molecule has 1 aliphatic rings. The highest BCUT2D eigenvalue weighted by molar-refractivity contribution is 7.10. The van der Waals surface area contributed by atoms with Gasteiger partial charge in [-0.15, -0.1) is 11.3 Å². The summed E-state index contributed by atoms with van der Waals surface area (Å²) in [7, 11) is 1.88. The molecule has 0 radical (unpaired) electrons. The van der Waals surface area contributed by atoms with Gasteiger partial charge in [0.1, 0.15) is 0 Å². The van der Waals surface area contributed by atoms with Gasteiger partial charge >= 0.3 is 6.03 Å². The molecule has 2 aromatic heterocycles. The molecule has 3 heterocycles. The minimum absolute atomic E-state index is 0.0386. The van der Waals surface area contributed by atoms with Gasteiger partial charge in [0.2, 0.25) is 5.91 Å². The zero-order valence-electron chi connectivity index (χ0n) is 15.4. The van der Waals surface area contributed by atoms with Crippen LogP contribution < -0.4 is 10.6 Å². The summed E-state index contributed by atoms with van der Waals surface area (Å²) < 4.78 is 1.81. The van der Waals surface area contributed by atoms with Gasteiger partial charge in [-0.1, -0.05) is 0 Å². The Bertz CT molecular complexity index is 784. The zero-order chi connectivity index (χ0) is 18.7. The van der Waals surface area contributed by atoms with E-state index < -0.39 is 0 Å². The number of nitrogens with one attached hydrogen (secondary N) is 2. The summed E-state index contributed by atoms with van der Waals surface area (Å²) in [6.45, 7) is 5.27.